The minimum atomic E-state index is 0.0186. The summed E-state index contributed by atoms with van der Waals surface area (Å²) in [7, 11) is 0. The second-order valence-electron chi connectivity index (χ2n) is 7.64. The molecule has 1 aliphatic heterocycles. The number of nitrogens with one attached hydrogen (secondary N) is 2. The highest BCUT2D eigenvalue weighted by Crippen LogP contribution is 2.39. The second-order valence-corrected chi connectivity index (χ2v) is 8.05. The van der Waals surface area contributed by atoms with Crippen LogP contribution in [-0.4, -0.2) is 23.4 Å². The molecule has 1 heterocycles. The van der Waals surface area contributed by atoms with E-state index in [-0.39, 0.29) is 5.54 Å². The normalized spacial score (nSPS) is 15.2. The topological polar surface area (TPSA) is 39.7 Å². The van der Waals surface area contributed by atoms with Crippen LogP contribution in [0.15, 0.2) is 53.6 Å². The maximum absolute atomic E-state index is 5.30. The van der Waals surface area contributed by atoms with Gasteiger partial charge in [-0.1, -0.05) is 24.3 Å². The second kappa shape index (κ2) is 8.15. The molecule has 0 amide bonds. The van der Waals surface area contributed by atoms with Crippen LogP contribution in [0.3, 0.4) is 0 Å². The van der Waals surface area contributed by atoms with Crippen molar-refractivity contribution in [3.05, 3.63) is 65.2 Å². The van der Waals surface area contributed by atoms with Crippen molar-refractivity contribution in [3.8, 4) is 0 Å². The van der Waals surface area contributed by atoms with Crippen molar-refractivity contribution in [2.45, 2.75) is 40.2 Å². The quantitative estimate of drug-likeness (QED) is 0.419. The van der Waals surface area contributed by atoms with Gasteiger partial charge in [0.15, 0.2) is 5.11 Å². The van der Waals surface area contributed by atoms with Crippen molar-refractivity contribution in [2.75, 3.05) is 16.8 Å². The molecule has 146 valence electrons. The third-order valence-corrected chi connectivity index (χ3v) is 5.28. The van der Waals surface area contributed by atoms with Gasteiger partial charge in [0.05, 0.1) is 11.8 Å². The highest BCUT2D eigenvalue weighted by atomic mass is 32.1. The molecule has 0 aliphatic carbocycles. The molecule has 28 heavy (non-hydrogen) atoms. The molecule has 2 aromatic carbocycles. The van der Waals surface area contributed by atoms with Gasteiger partial charge in [-0.2, -0.15) is 5.10 Å². The lowest BCUT2D eigenvalue weighted by Gasteiger charge is -2.43. The average Bonchev–Trinajstić information content (AvgIpc) is 2.63. The average molecular weight is 393 g/mol. The lowest BCUT2D eigenvalue weighted by molar-refractivity contribution is 0.566. The zero-order valence-corrected chi connectivity index (χ0v) is 18.0. The summed E-state index contributed by atoms with van der Waals surface area (Å²) in [4.78, 5) is 2.44. The first-order chi connectivity index (χ1) is 13.3. The van der Waals surface area contributed by atoms with E-state index in [1.165, 1.54) is 22.4 Å². The van der Waals surface area contributed by atoms with Crippen LogP contribution in [0, 0.1) is 6.92 Å². The molecular weight excluding hydrogens is 364 g/mol. The smallest absolute Gasteiger partial charge is 0.191 e. The number of benzene rings is 2. The monoisotopic (exact) mass is 392 g/mol. The highest BCUT2D eigenvalue weighted by Gasteiger charge is 2.30. The van der Waals surface area contributed by atoms with Crippen LogP contribution in [0.2, 0.25) is 0 Å². The van der Waals surface area contributed by atoms with E-state index in [9.17, 15) is 0 Å². The van der Waals surface area contributed by atoms with Crippen molar-refractivity contribution in [1.82, 2.24) is 5.43 Å². The molecule has 0 spiro atoms. The van der Waals surface area contributed by atoms with Crippen molar-refractivity contribution in [1.29, 1.82) is 0 Å². The minimum Gasteiger partial charge on any atom is -0.363 e. The summed E-state index contributed by atoms with van der Waals surface area (Å²) in [6, 6.07) is 14.3. The first-order valence-corrected chi connectivity index (χ1v) is 10.00. The molecule has 0 saturated heterocycles. The molecular formula is C23H28N4S. The number of rotatable bonds is 4. The number of allylic oxidation sites excluding steroid dienone is 1. The molecule has 5 heteroatoms. The maximum atomic E-state index is 5.30. The van der Waals surface area contributed by atoms with Crippen LogP contribution in [0.1, 0.15) is 44.4 Å². The Morgan fingerprint density at radius 1 is 1.18 bits per heavy atom. The standard InChI is InChI=1S/C23H28N4S/c1-6-27-21-12-16(2)18(13-20(21)17(3)14-23(27,4)5)15-24-26-22(28)25-19-10-8-7-9-11-19/h7-15H,6H2,1-5H3,(H2,25,26,28)/b24-15-. The third-order valence-electron chi connectivity index (χ3n) is 5.08. The van der Waals surface area contributed by atoms with E-state index in [0.29, 0.717) is 5.11 Å². The summed E-state index contributed by atoms with van der Waals surface area (Å²) in [5.74, 6) is 0. The largest absolute Gasteiger partial charge is 0.363 e. The minimum absolute atomic E-state index is 0.0186. The number of hydrazone groups is 1. The fourth-order valence-electron chi connectivity index (χ4n) is 3.80. The van der Waals surface area contributed by atoms with Crippen LogP contribution in [0.4, 0.5) is 11.4 Å². The van der Waals surface area contributed by atoms with Crippen molar-refractivity contribution >= 4 is 40.5 Å². The summed E-state index contributed by atoms with van der Waals surface area (Å²) in [5, 5.41) is 7.91. The molecule has 0 saturated carbocycles. The van der Waals surface area contributed by atoms with Crippen LogP contribution in [-0.2, 0) is 0 Å². The predicted octanol–water partition coefficient (Wildman–Crippen LogP) is 5.34. The van der Waals surface area contributed by atoms with Gasteiger partial charge in [-0.05, 0) is 87.8 Å². The summed E-state index contributed by atoms with van der Waals surface area (Å²) in [5.41, 5.74) is 9.97. The molecule has 3 rings (SSSR count). The Hall–Kier alpha value is -2.66. The van der Waals surface area contributed by atoms with E-state index < -0.39 is 0 Å². The third kappa shape index (κ3) is 4.25. The Balaban J connectivity index is 1.78. The van der Waals surface area contributed by atoms with E-state index >= 15 is 0 Å². The van der Waals surface area contributed by atoms with Gasteiger partial charge >= 0.3 is 0 Å². The first-order valence-electron chi connectivity index (χ1n) is 9.59. The van der Waals surface area contributed by atoms with Crippen LogP contribution >= 0.6 is 12.2 Å². The number of nitrogens with zero attached hydrogens (tertiary/aromatic N) is 2. The van der Waals surface area contributed by atoms with E-state index in [1.807, 2.05) is 36.5 Å². The van der Waals surface area contributed by atoms with Crippen LogP contribution in [0.25, 0.3) is 5.57 Å². The molecule has 0 radical (unpaired) electrons. The summed E-state index contributed by atoms with van der Waals surface area (Å²) in [6.45, 7) is 12.0. The van der Waals surface area contributed by atoms with Crippen LogP contribution < -0.4 is 15.6 Å². The SMILES string of the molecule is CCN1c2cc(C)c(/C=N\NC(=S)Nc3ccccc3)cc2C(C)=CC1(C)C. The van der Waals surface area contributed by atoms with Gasteiger partial charge in [-0.15, -0.1) is 0 Å². The van der Waals surface area contributed by atoms with Crippen molar-refractivity contribution < 1.29 is 0 Å². The van der Waals surface area contributed by atoms with Gasteiger partial charge in [0.2, 0.25) is 0 Å². The zero-order valence-electron chi connectivity index (χ0n) is 17.2. The van der Waals surface area contributed by atoms with E-state index in [4.69, 9.17) is 12.2 Å². The molecule has 0 atom stereocenters. The summed E-state index contributed by atoms with van der Waals surface area (Å²) in [6.07, 6.45) is 4.17. The molecule has 0 fully saturated rings. The van der Waals surface area contributed by atoms with Gasteiger partial charge in [-0.3, -0.25) is 5.43 Å². The first kappa shape index (κ1) is 20.1. The number of anilines is 2. The molecule has 0 aromatic heterocycles. The maximum Gasteiger partial charge on any atom is 0.191 e. The Kier molecular flexibility index (Phi) is 5.84. The van der Waals surface area contributed by atoms with Crippen molar-refractivity contribution in [3.63, 3.8) is 0 Å². The fourth-order valence-corrected chi connectivity index (χ4v) is 3.97. The van der Waals surface area contributed by atoms with Crippen LogP contribution in [0.5, 0.6) is 0 Å². The number of aryl methyl sites for hydroxylation is 1. The Bertz CT molecular complexity index is 929. The molecule has 2 aromatic rings. The van der Waals surface area contributed by atoms with Gasteiger partial charge < -0.3 is 10.2 Å². The molecule has 1 aliphatic rings. The molecule has 2 N–H and O–H groups in total. The number of likely N-dealkylation sites (N-methyl/N-ethyl adjacent to an activating group) is 1. The van der Waals surface area contributed by atoms with Gasteiger partial charge in [0.25, 0.3) is 0 Å². The fraction of sp³-hybridized carbons (Fsp3) is 0.304. The molecule has 0 bridgehead atoms. The predicted molar refractivity (Wildman–Crippen MR) is 125 cm³/mol. The Morgan fingerprint density at radius 3 is 2.57 bits per heavy atom. The van der Waals surface area contributed by atoms with Crippen molar-refractivity contribution in [2.24, 2.45) is 5.10 Å². The van der Waals surface area contributed by atoms with Gasteiger partial charge in [0.1, 0.15) is 0 Å². The Morgan fingerprint density at radius 2 is 1.89 bits per heavy atom. The van der Waals surface area contributed by atoms with E-state index in [0.717, 1.165) is 17.8 Å². The van der Waals surface area contributed by atoms with E-state index in [1.54, 1.807) is 0 Å². The summed E-state index contributed by atoms with van der Waals surface area (Å²) < 4.78 is 0. The number of fused-ring (bicyclic) bond motifs is 1. The lowest BCUT2D eigenvalue weighted by Crippen LogP contribution is -2.45. The number of hydrogen-bond donors (Lipinski definition) is 2. The number of thiocarbonyl (C=S) groups is 1. The molecule has 4 nitrogen and oxygen atoms in total. The highest BCUT2D eigenvalue weighted by molar-refractivity contribution is 7.80. The van der Waals surface area contributed by atoms with Gasteiger partial charge in [0, 0.05) is 23.5 Å². The van der Waals surface area contributed by atoms with Gasteiger partial charge in [-0.25, -0.2) is 0 Å². The zero-order chi connectivity index (χ0) is 20.3. The number of para-hydroxylation sites is 1. The molecule has 0 unspecified atom stereocenters. The van der Waals surface area contributed by atoms with E-state index in [2.05, 4.69) is 73.6 Å². The summed E-state index contributed by atoms with van der Waals surface area (Å²) >= 11 is 5.30. The Labute approximate surface area is 173 Å². The number of hydrogen-bond acceptors (Lipinski definition) is 3. The lowest BCUT2D eigenvalue weighted by atomic mass is 9.87.